The van der Waals surface area contributed by atoms with Gasteiger partial charge in [-0.05, 0) is 31.9 Å². The molecule has 0 spiro atoms. The van der Waals surface area contributed by atoms with Crippen LogP contribution in [0.25, 0.3) is 0 Å². The molecule has 2 rings (SSSR count). The minimum atomic E-state index is -3.67. The second kappa shape index (κ2) is 8.89. The zero-order chi connectivity index (χ0) is 21.8. The fraction of sp³-hybridized carbons (Fsp3) is 0.579. The van der Waals surface area contributed by atoms with E-state index in [2.05, 4.69) is 4.72 Å². The van der Waals surface area contributed by atoms with E-state index >= 15 is 0 Å². The van der Waals surface area contributed by atoms with Gasteiger partial charge in [0.05, 0.1) is 32.5 Å². The quantitative estimate of drug-likeness (QED) is 0.666. The number of hydrogen-bond acceptors (Lipinski definition) is 7. The fourth-order valence-corrected chi connectivity index (χ4v) is 4.46. The lowest BCUT2D eigenvalue weighted by molar-refractivity contribution is -0.127. The van der Waals surface area contributed by atoms with Gasteiger partial charge in [0, 0.05) is 18.7 Å². The highest BCUT2D eigenvalue weighted by molar-refractivity contribution is 7.90. The Balaban J connectivity index is 2.21. The minimum Gasteiger partial charge on any atom is -0.493 e. The highest BCUT2D eigenvalue weighted by atomic mass is 32.2. The first-order chi connectivity index (χ1) is 13.6. The molecule has 1 saturated heterocycles. The first kappa shape index (κ1) is 22.8. The lowest BCUT2D eigenvalue weighted by Gasteiger charge is -2.24. The molecule has 1 aromatic rings. The number of carbonyl (C=O) groups excluding carboxylic acids is 2. The molecule has 1 N–H and O–H groups in total. The summed E-state index contributed by atoms with van der Waals surface area (Å²) < 4.78 is 41.8. The number of ether oxygens (including phenoxy) is 3. The molecule has 0 saturated carbocycles. The molecular weight excluding hydrogens is 400 g/mol. The van der Waals surface area contributed by atoms with Crippen LogP contribution < -0.4 is 18.9 Å². The number of amides is 2. The maximum absolute atomic E-state index is 13.0. The Hall–Kier alpha value is -2.49. The SMILES string of the molecule is CCCS(=O)(=O)NC(=O)C1(C)CCN(C(=O)c2cc(OC)c(OC)c(OC)c2)C1. The van der Waals surface area contributed by atoms with E-state index in [0.29, 0.717) is 42.2 Å². The van der Waals surface area contributed by atoms with Gasteiger partial charge in [-0.25, -0.2) is 8.42 Å². The Morgan fingerprint density at radius 3 is 2.21 bits per heavy atom. The van der Waals surface area contributed by atoms with Gasteiger partial charge in [-0.2, -0.15) is 0 Å². The first-order valence-electron chi connectivity index (χ1n) is 9.25. The minimum absolute atomic E-state index is 0.107. The van der Waals surface area contributed by atoms with E-state index in [1.807, 2.05) is 0 Å². The Kier molecular flexibility index (Phi) is 6.99. The molecule has 1 aromatic carbocycles. The van der Waals surface area contributed by atoms with E-state index in [4.69, 9.17) is 14.2 Å². The van der Waals surface area contributed by atoms with E-state index in [1.54, 1.807) is 26.0 Å². The number of sulfonamides is 1. The molecule has 1 heterocycles. The lowest BCUT2D eigenvalue weighted by atomic mass is 9.89. The summed E-state index contributed by atoms with van der Waals surface area (Å²) in [5.41, 5.74) is -0.667. The van der Waals surface area contributed by atoms with Crippen molar-refractivity contribution in [3.63, 3.8) is 0 Å². The van der Waals surface area contributed by atoms with E-state index < -0.39 is 21.3 Å². The molecule has 1 unspecified atom stereocenters. The van der Waals surface area contributed by atoms with Gasteiger partial charge < -0.3 is 19.1 Å². The van der Waals surface area contributed by atoms with Gasteiger partial charge in [0.25, 0.3) is 5.91 Å². The van der Waals surface area contributed by atoms with Crippen LogP contribution in [0.15, 0.2) is 12.1 Å². The van der Waals surface area contributed by atoms with Crippen LogP contribution in [0.3, 0.4) is 0 Å². The molecule has 1 fully saturated rings. The largest absolute Gasteiger partial charge is 0.493 e. The van der Waals surface area contributed by atoms with Gasteiger partial charge in [-0.1, -0.05) is 6.92 Å². The third kappa shape index (κ3) is 4.92. The van der Waals surface area contributed by atoms with Crippen molar-refractivity contribution in [1.29, 1.82) is 0 Å². The highest BCUT2D eigenvalue weighted by Gasteiger charge is 2.43. The van der Waals surface area contributed by atoms with E-state index in [9.17, 15) is 18.0 Å². The number of benzene rings is 1. The zero-order valence-electron chi connectivity index (χ0n) is 17.4. The number of likely N-dealkylation sites (tertiary alicyclic amines) is 1. The maximum Gasteiger partial charge on any atom is 0.254 e. The molecular formula is C19H28N2O7S. The van der Waals surface area contributed by atoms with E-state index in [-0.39, 0.29) is 18.2 Å². The van der Waals surface area contributed by atoms with Crippen LogP contribution in [0.2, 0.25) is 0 Å². The topological polar surface area (TPSA) is 111 Å². The summed E-state index contributed by atoms with van der Waals surface area (Å²) >= 11 is 0. The van der Waals surface area contributed by atoms with Crippen molar-refractivity contribution >= 4 is 21.8 Å². The van der Waals surface area contributed by atoms with Gasteiger partial charge in [0.2, 0.25) is 21.7 Å². The Morgan fingerprint density at radius 2 is 1.72 bits per heavy atom. The second-order valence-corrected chi connectivity index (χ2v) is 9.04. The summed E-state index contributed by atoms with van der Waals surface area (Å²) in [6.07, 6.45) is 0.766. The van der Waals surface area contributed by atoms with Crippen molar-refractivity contribution in [3.05, 3.63) is 17.7 Å². The van der Waals surface area contributed by atoms with Crippen molar-refractivity contribution in [1.82, 2.24) is 9.62 Å². The number of hydrogen-bond donors (Lipinski definition) is 1. The Labute approximate surface area is 171 Å². The standard InChI is InChI=1S/C19H28N2O7S/c1-6-9-29(24,25)20-18(23)19(2)7-8-21(12-19)17(22)13-10-14(26-3)16(28-5)15(11-13)27-4/h10-11H,6-9,12H2,1-5H3,(H,20,23). The summed E-state index contributed by atoms with van der Waals surface area (Å²) in [5.74, 6) is 0.0471. The van der Waals surface area contributed by atoms with Crippen molar-refractivity contribution in [3.8, 4) is 17.2 Å². The Morgan fingerprint density at radius 1 is 1.14 bits per heavy atom. The normalized spacial score (nSPS) is 19.0. The van der Waals surface area contributed by atoms with Gasteiger partial charge in [-0.3, -0.25) is 14.3 Å². The van der Waals surface area contributed by atoms with E-state index in [0.717, 1.165) is 0 Å². The molecule has 1 aliphatic heterocycles. The van der Waals surface area contributed by atoms with Crippen LogP contribution in [0, 0.1) is 5.41 Å². The highest BCUT2D eigenvalue weighted by Crippen LogP contribution is 2.39. The molecule has 1 aliphatic rings. The summed E-state index contributed by atoms with van der Waals surface area (Å²) in [7, 11) is 0.715. The van der Waals surface area contributed by atoms with Crippen molar-refractivity contribution in [2.24, 2.45) is 5.41 Å². The van der Waals surface area contributed by atoms with Crippen LogP contribution >= 0.6 is 0 Å². The van der Waals surface area contributed by atoms with Gasteiger partial charge in [-0.15, -0.1) is 0 Å². The van der Waals surface area contributed by atoms with Crippen LogP contribution in [-0.2, 0) is 14.8 Å². The van der Waals surface area contributed by atoms with Crippen molar-refractivity contribution in [2.45, 2.75) is 26.7 Å². The molecule has 1 atom stereocenters. The smallest absolute Gasteiger partial charge is 0.254 e. The summed E-state index contributed by atoms with van der Waals surface area (Å²) in [6.45, 7) is 3.81. The van der Waals surface area contributed by atoms with Gasteiger partial charge in [0.1, 0.15) is 0 Å². The predicted molar refractivity (Wildman–Crippen MR) is 107 cm³/mol. The monoisotopic (exact) mass is 428 g/mol. The van der Waals surface area contributed by atoms with Crippen LogP contribution in [-0.4, -0.2) is 65.3 Å². The third-order valence-corrected chi connectivity index (χ3v) is 6.38. The average Bonchev–Trinajstić information content (AvgIpc) is 3.09. The van der Waals surface area contributed by atoms with Gasteiger partial charge in [0.15, 0.2) is 11.5 Å². The maximum atomic E-state index is 13.0. The number of rotatable bonds is 8. The van der Waals surface area contributed by atoms with Crippen LogP contribution in [0.5, 0.6) is 17.2 Å². The average molecular weight is 429 g/mol. The summed E-state index contributed by atoms with van der Waals surface area (Å²) in [6, 6.07) is 3.09. The Bertz CT molecular complexity index is 860. The molecule has 0 aliphatic carbocycles. The number of carbonyl (C=O) groups is 2. The molecule has 162 valence electrons. The van der Waals surface area contributed by atoms with Crippen LogP contribution in [0.1, 0.15) is 37.0 Å². The first-order valence-corrected chi connectivity index (χ1v) is 10.9. The predicted octanol–water partition coefficient (Wildman–Crippen LogP) is 1.42. The molecule has 0 radical (unpaired) electrons. The molecule has 0 bridgehead atoms. The van der Waals surface area contributed by atoms with Crippen LogP contribution in [0.4, 0.5) is 0 Å². The number of methoxy groups -OCH3 is 3. The fourth-order valence-electron chi connectivity index (χ4n) is 3.29. The molecule has 2 amide bonds. The molecule has 0 aromatic heterocycles. The molecule has 9 nitrogen and oxygen atoms in total. The number of nitrogens with one attached hydrogen (secondary N) is 1. The number of nitrogens with zero attached hydrogens (tertiary/aromatic N) is 1. The molecule has 10 heteroatoms. The summed E-state index contributed by atoms with van der Waals surface area (Å²) in [4.78, 5) is 27.1. The van der Waals surface area contributed by atoms with Crippen molar-refractivity contribution in [2.75, 3.05) is 40.2 Å². The summed E-state index contributed by atoms with van der Waals surface area (Å²) in [5, 5.41) is 0. The second-order valence-electron chi connectivity index (χ2n) is 7.20. The zero-order valence-corrected chi connectivity index (χ0v) is 18.2. The third-order valence-electron chi connectivity index (χ3n) is 4.94. The lowest BCUT2D eigenvalue weighted by Crippen LogP contribution is -2.44. The van der Waals surface area contributed by atoms with Crippen molar-refractivity contribution < 1.29 is 32.2 Å². The van der Waals surface area contributed by atoms with E-state index in [1.165, 1.54) is 26.2 Å². The molecule has 29 heavy (non-hydrogen) atoms. The van der Waals surface area contributed by atoms with Gasteiger partial charge >= 0.3 is 0 Å².